The molecular formula is C15H14O5S. The van der Waals surface area contributed by atoms with Gasteiger partial charge in [-0.25, -0.2) is 4.79 Å². The molecule has 0 spiro atoms. The number of esters is 1. The average molecular weight is 306 g/mol. The van der Waals surface area contributed by atoms with Crippen LogP contribution in [0.1, 0.15) is 21.5 Å². The van der Waals surface area contributed by atoms with Crippen molar-refractivity contribution in [3.05, 3.63) is 65.2 Å². The zero-order chi connectivity index (χ0) is 15.5. The largest absolute Gasteiger partial charge is 0.457 e. The van der Waals surface area contributed by atoms with Gasteiger partial charge in [-0.3, -0.25) is 4.55 Å². The smallest absolute Gasteiger partial charge is 0.339 e. The van der Waals surface area contributed by atoms with Gasteiger partial charge in [0.15, 0.2) is 0 Å². The highest BCUT2D eigenvalue weighted by Gasteiger charge is 2.21. The number of aryl methyl sites for hydroxylation is 1. The Morgan fingerprint density at radius 2 is 1.81 bits per heavy atom. The molecular weight excluding hydrogens is 292 g/mol. The van der Waals surface area contributed by atoms with E-state index in [2.05, 4.69) is 0 Å². The Hall–Kier alpha value is -2.18. The first-order valence-electron chi connectivity index (χ1n) is 6.17. The quantitative estimate of drug-likeness (QED) is 0.693. The van der Waals surface area contributed by atoms with Gasteiger partial charge in [-0.2, -0.15) is 8.42 Å². The maximum atomic E-state index is 12.0. The van der Waals surface area contributed by atoms with Crippen molar-refractivity contribution in [2.24, 2.45) is 0 Å². The lowest BCUT2D eigenvalue weighted by atomic mass is 10.1. The minimum absolute atomic E-state index is 0.0263. The van der Waals surface area contributed by atoms with E-state index in [1.165, 1.54) is 18.2 Å². The zero-order valence-corrected chi connectivity index (χ0v) is 12.1. The van der Waals surface area contributed by atoms with Gasteiger partial charge in [-0.1, -0.05) is 42.0 Å². The molecule has 2 aromatic carbocycles. The van der Waals surface area contributed by atoms with Crippen LogP contribution >= 0.6 is 0 Å². The first-order valence-corrected chi connectivity index (χ1v) is 7.61. The molecule has 2 aromatic rings. The second kappa shape index (κ2) is 6.07. The highest BCUT2D eigenvalue weighted by Crippen LogP contribution is 2.19. The molecule has 0 aliphatic carbocycles. The van der Waals surface area contributed by atoms with Crippen molar-refractivity contribution in [3.63, 3.8) is 0 Å². The molecule has 0 bridgehead atoms. The molecule has 0 aliphatic rings. The Bertz CT molecular complexity index is 751. The predicted molar refractivity (Wildman–Crippen MR) is 76.6 cm³/mol. The van der Waals surface area contributed by atoms with E-state index in [0.717, 1.165) is 5.56 Å². The first-order chi connectivity index (χ1) is 9.88. The van der Waals surface area contributed by atoms with Crippen LogP contribution in [0.5, 0.6) is 0 Å². The summed E-state index contributed by atoms with van der Waals surface area (Å²) in [4.78, 5) is 11.6. The van der Waals surface area contributed by atoms with Crippen LogP contribution < -0.4 is 0 Å². The van der Waals surface area contributed by atoms with Gasteiger partial charge in [-0.15, -0.1) is 0 Å². The maximum absolute atomic E-state index is 12.0. The lowest BCUT2D eigenvalue weighted by Crippen LogP contribution is -2.12. The van der Waals surface area contributed by atoms with E-state index in [9.17, 15) is 13.2 Å². The minimum Gasteiger partial charge on any atom is -0.457 e. The Balaban J connectivity index is 2.25. The van der Waals surface area contributed by atoms with Crippen LogP contribution in [0.15, 0.2) is 53.4 Å². The summed E-state index contributed by atoms with van der Waals surface area (Å²) < 4.78 is 36.8. The highest BCUT2D eigenvalue weighted by molar-refractivity contribution is 7.86. The van der Waals surface area contributed by atoms with E-state index in [1.807, 2.05) is 6.07 Å². The molecule has 2 rings (SSSR count). The molecule has 110 valence electrons. The maximum Gasteiger partial charge on any atom is 0.339 e. The molecule has 0 saturated heterocycles. The fourth-order valence-electron chi connectivity index (χ4n) is 1.83. The molecule has 5 nitrogen and oxygen atoms in total. The number of ether oxygens (including phenoxy) is 1. The molecule has 1 N–H and O–H groups in total. The van der Waals surface area contributed by atoms with Crippen molar-refractivity contribution in [1.82, 2.24) is 0 Å². The normalized spacial score (nSPS) is 11.1. The van der Waals surface area contributed by atoms with Gasteiger partial charge in [0.2, 0.25) is 0 Å². The fourth-order valence-corrected chi connectivity index (χ4v) is 2.49. The topological polar surface area (TPSA) is 80.7 Å². The third-order valence-electron chi connectivity index (χ3n) is 2.85. The third-order valence-corrected chi connectivity index (χ3v) is 3.76. The van der Waals surface area contributed by atoms with E-state index in [-0.39, 0.29) is 12.2 Å². The Kier molecular flexibility index (Phi) is 4.40. The zero-order valence-electron chi connectivity index (χ0n) is 11.3. The Morgan fingerprint density at radius 1 is 1.14 bits per heavy atom. The molecule has 0 fully saturated rings. The van der Waals surface area contributed by atoms with Crippen LogP contribution in [-0.4, -0.2) is 18.9 Å². The summed E-state index contributed by atoms with van der Waals surface area (Å²) in [6, 6.07) is 13.1. The van der Waals surface area contributed by atoms with Crippen LogP contribution in [0.25, 0.3) is 0 Å². The Morgan fingerprint density at radius 3 is 2.43 bits per heavy atom. The van der Waals surface area contributed by atoms with Gasteiger partial charge in [0.05, 0.1) is 5.56 Å². The third kappa shape index (κ3) is 3.90. The van der Waals surface area contributed by atoms with Crippen molar-refractivity contribution >= 4 is 16.1 Å². The predicted octanol–water partition coefficient (Wildman–Crippen LogP) is 2.60. The van der Waals surface area contributed by atoms with Crippen molar-refractivity contribution < 1.29 is 22.5 Å². The van der Waals surface area contributed by atoms with Gasteiger partial charge in [0.1, 0.15) is 11.5 Å². The monoisotopic (exact) mass is 306 g/mol. The van der Waals surface area contributed by atoms with Crippen LogP contribution in [0.3, 0.4) is 0 Å². The molecule has 0 heterocycles. The fraction of sp³-hybridized carbons (Fsp3) is 0.133. The molecule has 0 unspecified atom stereocenters. The standard InChI is InChI=1S/C15H14O5S/c1-11-7-8-14(21(17,18)19)13(9-11)15(16)20-10-12-5-3-2-4-6-12/h2-9H,10H2,1H3,(H,17,18,19). The summed E-state index contributed by atoms with van der Waals surface area (Å²) in [5.41, 5.74) is 1.30. The number of benzene rings is 2. The van der Waals surface area contributed by atoms with E-state index in [0.29, 0.717) is 5.56 Å². The van der Waals surface area contributed by atoms with Crippen LogP contribution in [-0.2, 0) is 21.5 Å². The van der Waals surface area contributed by atoms with Crippen molar-refractivity contribution in [3.8, 4) is 0 Å². The van der Waals surface area contributed by atoms with Crippen molar-refractivity contribution in [1.29, 1.82) is 0 Å². The summed E-state index contributed by atoms with van der Waals surface area (Å²) in [5, 5.41) is 0. The lowest BCUT2D eigenvalue weighted by Gasteiger charge is -2.09. The van der Waals surface area contributed by atoms with Crippen LogP contribution in [0, 0.1) is 6.92 Å². The summed E-state index contributed by atoms with van der Waals surface area (Å²) in [5.74, 6) is -0.796. The van der Waals surface area contributed by atoms with Gasteiger partial charge in [-0.05, 0) is 24.6 Å². The molecule has 0 amide bonds. The summed E-state index contributed by atoms with van der Waals surface area (Å²) in [7, 11) is -4.48. The lowest BCUT2D eigenvalue weighted by molar-refractivity contribution is 0.0467. The second-order valence-electron chi connectivity index (χ2n) is 4.54. The molecule has 21 heavy (non-hydrogen) atoms. The van der Waals surface area contributed by atoms with E-state index < -0.39 is 21.0 Å². The van der Waals surface area contributed by atoms with E-state index in [4.69, 9.17) is 9.29 Å². The van der Waals surface area contributed by atoms with E-state index in [1.54, 1.807) is 31.2 Å². The number of hydrogen-bond donors (Lipinski definition) is 1. The molecule has 0 aliphatic heterocycles. The minimum atomic E-state index is -4.48. The van der Waals surface area contributed by atoms with Gasteiger partial charge < -0.3 is 4.74 Å². The first kappa shape index (κ1) is 15.2. The average Bonchev–Trinajstić information content (AvgIpc) is 2.44. The van der Waals surface area contributed by atoms with Crippen LogP contribution in [0.2, 0.25) is 0 Å². The van der Waals surface area contributed by atoms with Crippen molar-refractivity contribution in [2.75, 3.05) is 0 Å². The number of rotatable bonds is 4. The second-order valence-corrected chi connectivity index (χ2v) is 5.93. The SMILES string of the molecule is Cc1ccc(S(=O)(=O)O)c(C(=O)OCc2ccccc2)c1. The number of carbonyl (C=O) groups is 1. The molecule has 0 saturated carbocycles. The summed E-state index contributed by atoms with van der Waals surface area (Å²) >= 11 is 0. The van der Waals surface area contributed by atoms with E-state index >= 15 is 0 Å². The van der Waals surface area contributed by atoms with Crippen molar-refractivity contribution in [2.45, 2.75) is 18.4 Å². The summed E-state index contributed by atoms with van der Waals surface area (Å²) in [6.07, 6.45) is 0. The van der Waals surface area contributed by atoms with Crippen LogP contribution in [0.4, 0.5) is 0 Å². The number of hydrogen-bond acceptors (Lipinski definition) is 4. The molecule has 6 heteroatoms. The summed E-state index contributed by atoms with van der Waals surface area (Å²) in [6.45, 7) is 1.74. The van der Waals surface area contributed by atoms with Gasteiger partial charge in [0.25, 0.3) is 10.1 Å². The molecule has 0 radical (unpaired) electrons. The molecule has 0 atom stereocenters. The Labute approximate surface area is 122 Å². The molecule has 0 aromatic heterocycles. The number of carbonyl (C=O) groups excluding carboxylic acids is 1. The van der Waals surface area contributed by atoms with Gasteiger partial charge >= 0.3 is 5.97 Å². The van der Waals surface area contributed by atoms with Gasteiger partial charge in [0, 0.05) is 0 Å². The highest BCUT2D eigenvalue weighted by atomic mass is 32.2.